The first-order chi connectivity index (χ1) is 14.1. The summed E-state index contributed by atoms with van der Waals surface area (Å²) in [6.07, 6.45) is 0. The molecule has 2 aromatic carbocycles. The summed E-state index contributed by atoms with van der Waals surface area (Å²) in [5.41, 5.74) is 1.76. The SMILES string of the molecule is O=C(Cn1nc(-c2ccccc2)ccc1=O)N1CCN(c2ccccc2F)CC1. The van der Waals surface area contributed by atoms with Gasteiger partial charge in [-0.05, 0) is 18.2 Å². The van der Waals surface area contributed by atoms with Crippen LogP contribution in [0.2, 0.25) is 0 Å². The van der Waals surface area contributed by atoms with Crippen molar-refractivity contribution in [1.82, 2.24) is 14.7 Å². The van der Waals surface area contributed by atoms with Crippen LogP contribution in [0.4, 0.5) is 10.1 Å². The highest BCUT2D eigenvalue weighted by Crippen LogP contribution is 2.20. The van der Waals surface area contributed by atoms with E-state index in [1.807, 2.05) is 35.2 Å². The van der Waals surface area contributed by atoms with Gasteiger partial charge in [0.05, 0.1) is 11.4 Å². The second-order valence-electron chi connectivity index (χ2n) is 6.90. The summed E-state index contributed by atoms with van der Waals surface area (Å²) in [7, 11) is 0. The van der Waals surface area contributed by atoms with Crippen molar-refractivity contribution in [2.75, 3.05) is 31.1 Å². The van der Waals surface area contributed by atoms with Crippen LogP contribution in [0, 0.1) is 5.82 Å². The molecule has 0 N–H and O–H groups in total. The Morgan fingerprint density at radius 1 is 0.897 bits per heavy atom. The van der Waals surface area contributed by atoms with Crippen LogP contribution in [-0.4, -0.2) is 46.8 Å². The zero-order valence-corrected chi connectivity index (χ0v) is 15.9. The van der Waals surface area contributed by atoms with Gasteiger partial charge in [-0.15, -0.1) is 0 Å². The molecule has 2 heterocycles. The van der Waals surface area contributed by atoms with Crippen LogP contribution in [-0.2, 0) is 11.3 Å². The minimum absolute atomic E-state index is 0.112. The number of amides is 1. The number of nitrogens with zero attached hydrogens (tertiary/aromatic N) is 4. The third-order valence-electron chi connectivity index (χ3n) is 5.05. The predicted molar refractivity (Wildman–Crippen MR) is 109 cm³/mol. The van der Waals surface area contributed by atoms with Gasteiger partial charge in [0.1, 0.15) is 12.4 Å². The van der Waals surface area contributed by atoms with E-state index in [1.54, 1.807) is 29.2 Å². The van der Waals surface area contributed by atoms with Crippen LogP contribution in [0.3, 0.4) is 0 Å². The fourth-order valence-corrected chi connectivity index (χ4v) is 3.46. The van der Waals surface area contributed by atoms with Crippen molar-refractivity contribution in [2.24, 2.45) is 0 Å². The van der Waals surface area contributed by atoms with Crippen molar-refractivity contribution in [3.05, 3.63) is 82.9 Å². The topological polar surface area (TPSA) is 58.4 Å². The van der Waals surface area contributed by atoms with E-state index in [9.17, 15) is 14.0 Å². The van der Waals surface area contributed by atoms with Crippen molar-refractivity contribution >= 4 is 11.6 Å². The van der Waals surface area contributed by atoms with Crippen molar-refractivity contribution in [1.29, 1.82) is 0 Å². The third-order valence-corrected chi connectivity index (χ3v) is 5.05. The Morgan fingerprint density at radius 2 is 1.59 bits per heavy atom. The molecule has 1 aliphatic rings. The number of halogens is 1. The highest BCUT2D eigenvalue weighted by atomic mass is 19.1. The van der Waals surface area contributed by atoms with Gasteiger partial charge in [-0.2, -0.15) is 5.10 Å². The molecule has 0 aliphatic carbocycles. The van der Waals surface area contributed by atoms with Crippen LogP contribution < -0.4 is 10.5 Å². The quantitative estimate of drug-likeness (QED) is 0.684. The predicted octanol–water partition coefficient (Wildman–Crippen LogP) is 2.40. The average molecular weight is 392 g/mol. The van der Waals surface area contributed by atoms with E-state index in [0.29, 0.717) is 37.6 Å². The first kappa shape index (κ1) is 18.9. The summed E-state index contributed by atoms with van der Waals surface area (Å²) in [6, 6.07) is 19.2. The Balaban J connectivity index is 1.43. The lowest BCUT2D eigenvalue weighted by molar-refractivity contribution is -0.132. The summed E-state index contributed by atoms with van der Waals surface area (Å²) < 4.78 is 15.2. The Bertz CT molecular complexity index is 1060. The normalized spacial score (nSPS) is 14.1. The van der Waals surface area contributed by atoms with Crippen molar-refractivity contribution in [2.45, 2.75) is 6.54 Å². The minimum Gasteiger partial charge on any atom is -0.366 e. The van der Waals surface area contributed by atoms with Crippen molar-refractivity contribution in [3.8, 4) is 11.3 Å². The zero-order chi connectivity index (χ0) is 20.2. The van der Waals surface area contributed by atoms with Crippen molar-refractivity contribution < 1.29 is 9.18 Å². The zero-order valence-electron chi connectivity index (χ0n) is 15.9. The second-order valence-corrected chi connectivity index (χ2v) is 6.90. The molecule has 0 unspecified atom stereocenters. The van der Waals surface area contributed by atoms with E-state index in [0.717, 1.165) is 5.56 Å². The number of anilines is 1. The molecule has 0 atom stereocenters. The molecular weight excluding hydrogens is 371 g/mol. The molecule has 0 spiro atoms. The van der Waals surface area contributed by atoms with E-state index >= 15 is 0 Å². The van der Waals surface area contributed by atoms with Crippen LogP contribution in [0.15, 0.2) is 71.5 Å². The van der Waals surface area contributed by atoms with E-state index < -0.39 is 0 Å². The standard InChI is InChI=1S/C22H21FN4O2/c23-18-8-4-5-9-20(18)25-12-14-26(15-13-25)22(29)16-27-21(28)11-10-19(24-27)17-6-2-1-3-7-17/h1-11H,12-16H2. The smallest absolute Gasteiger partial charge is 0.267 e. The summed E-state index contributed by atoms with van der Waals surface area (Å²) in [4.78, 5) is 28.5. The Morgan fingerprint density at radius 3 is 2.31 bits per heavy atom. The molecule has 1 amide bonds. The number of hydrogen-bond donors (Lipinski definition) is 0. The van der Waals surface area contributed by atoms with E-state index in [4.69, 9.17) is 0 Å². The molecule has 1 fully saturated rings. The minimum atomic E-state index is -0.317. The van der Waals surface area contributed by atoms with Gasteiger partial charge in [-0.1, -0.05) is 42.5 Å². The van der Waals surface area contributed by atoms with Gasteiger partial charge < -0.3 is 9.80 Å². The number of hydrogen-bond acceptors (Lipinski definition) is 4. The first-order valence-electron chi connectivity index (χ1n) is 9.53. The molecule has 1 saturated heterocycles. The van der Waals surface area contributed by atoms with Gasteiger partial charge in [0, 0.05) is 37.8 Å². The number of carbonyl (C=O) groups excluding carboxylic acids is 1. The lowest BCUT2D eigenvalue weighted by Gasteiger charge is -2.36. The van der Waals surface area contributed by atoms with Crippen LogP contribution in [0.25, 0.3) is 11.3 Å². The molecule has 4 rings (SSSR count). The fraction of sp³-hybridized carbons (Fsp3) is 0.227. The fourth-order valence-electron chi connectivity index (χ4n) is 3.46. The van der Waals surface area contributed by atoms with Gasteiger partial charge >= 0.3 is 0 Å². The molecule has 29 heavy (non-hydrogen) atoms. The first-order valence-corrected chi connectivity index (χ1v) is 9.53. The highest BCUT2D eigenvalue weighted by Gasteiger charge is 2.23. The monoisotopic (exact) mass is 392 g/mol. The van der Waals surface area contributed by atoms with Crippen molar-refractivity contribution in [3.63, 3.8) is 0 Å². The number of aromatic nitrogens is 2. The molecular formula is C22H21FN4O2. The van der Waals surface area contributed by atoms with Gasteiger partial charge in [-0.25, -0.2) is 9.07 Å². The van der Waals surface area contributed by atoms with Gasteiger partial charge in [0.2, 0.25) is 5.91 Å². The number of para-hydroxylation sites is 1. The van der Waals surface area contributed by atoms with Gasteiger partial charge in [-0.3, -0.25) is 9.59 Å². The number of rotatable bonds is 4. The molecule has 148 valence electrons. The summed E-state index contributed by atoms with van der Waals surface area (Å²) >= 11 is 0. The summed E-state index contributed by atoms with van der Waals surface area (Å²) in [6.45, 7) is 1.91. The largest absolute Gasteiger partial charge is 0.366 e. The van der Waals surface area contributed by atoms with E-state index in [-0.39, 0.29) is 23.8 Å². The molecule has 1 aliphatic heterocycles. The van der Waals surface area contributed by atoms with Crippen LogP contribution in [0.5, 0.6) is 0 Å². The molecule has 0 bridgehead atoms. The third kappa shape index (κ3) is 4.18. The second kappa shape index (κ2) is 8.26. The number of benzene rings is 2. The Kier molecular flexibility index (Phi) is 5.37. The maximum atomic E-state index is 14.0. The molecule has 3 aromatic rings. The summed E-state index contributed by atoms with van der Waals surface area (Å²) in [5, 5.41) is 4.35. The molecule has 0 saturated carbocycles. The van der Waals surface area contributed by atoms with E-state index in [2.05, 4.69) is 5.10 Å². The van der Waals surface area contributed by atoms with Crippen LogP contribution in [0.1, 0.15) is 0 Å². The van der Waals surface area contributed by atoms with Gasteiger partial charge in [0.25, 0.3) is 5.56 Å². The number of piperazine rings is 1. The van der Waals surface area contributed by atoms with Crippen LogP contribution >= 0.6 is 0 Å². The van der Waals surface area contributed by atoms with Gasteiger partial charge in [0.15, 0.2) is 0 Å². The Labute approximate surface area is 167 Å². The molecule has 1 aromatic heterocycles. The maximum absolute atomic E-state index is 14.0. The lowest BCUT2D eigenvalue weighted by atomic mass is 10.1. The maximum Gasteiger partial charge on any atom is 0.267 e. The molecule has 0 radical (unpaired) electrons. The highest BCUT2D eigenvalue weighted by molar-refractivity contribution is 5.76. The number of carbonyl (C=O) groups is 1. The Hall–Kier alpha value is -3.48. The lowest BCUT2D eigenvalue weighted by Crippen LogP contribution is -2.50. The van der Waals surface area contributed by atoms with E-state index in [1.165, 1.54) is 16.8 Å². The summed E-state index contributed by atoms with van der Waals surface area (Å²) in [5.74, 6) is -0.432. The average Bonchev–Trinajstić information content (AvgIpc) is 2.76. The molecule has 7 heteroatoms. The molecule has 6 nitrogen and oxygen atoms in total.